The van der Waals surface area contributed by atoms with Gasteiger partial charge in [-0.3, -0.25) is 5.10 Å². The molecule has 2 aromatic heterocycles. The monoisotopic (exact) mass is 364 g/mol. The summed E-state index contributed by atoms with van der Waals surface area (Å²) in [6.07, 6.45) is 3.01. The maximum absolute atomic E-state index is 5.29. The Kier molecular flexibility index (Phi) is 5.02. The van der Waals surface area contributed by atoms with Gasteiger partial charge in [-0.05, 0) is 50.2 Å². The predicted octanol–water partition coefficient (Wildman–Crippen LogP) is 2.91. The summed E-state index contributed by atoms with van der Waals surface area (Å²) in [6.45, 7) is 3.19. The zero-order valence-electron chi connectivity index (χ0n) is 15.6. The first-order chi connectivity index (χ1) is 13.2. The van der Waals surface area contributed by atoms with Crippen LogP contribution in [0.5, 0.6) is 5.75 Å². The van der Waals surface area contributed by atoms with Gasteiger partial charge in [-0.2, -0.15) is 5.10 Å². The molecule has 27 heavy (non-hydrogen) atoms. The molecule has 0 aliphatic carbocycles. The van der Waals surface area contributed by atoms with Gasteiger partial charge in [0.25, 0.3) is 0 Å². The van der Waals surface area contributed by atoms with E-state index in [-0.39, 0.29) is 0 Å². The summed E-state index contributed by atoms with van der Waals surface area (Å²) in [6, 6.07) is 11.6. The van der Waals surface area contributed by atoms with Crippen LogP contribution in [0.25, 0.3) is 22.8 Å². The van der Waals surface area contributed by atoms with Gasteiger partial charge < -0.3 is 15.0 Å². The van der Waals surface area contributed by atoms with E-state index in [1.807, 2.05) is 36.4 Å². The molecular formula is C20H24N6O. The third kappa shape index (κ3) is 3.93. The van der Waals surface area contributed by atoms with Crippen molar-refractivity contribution in [1.82, 2.24) is 25.1 Å². The number of hydrogen-bond acceptors (Lipinski definition) is 6. The van der Waals surface area contributed by atoms with Crippen molar-refractivity contribution >= 4 is 5.82 Å². The van der Waals surface area contributed by atoms with Gasteiger partial charge in [0.2, 0.25) is 0 Å². The molecule has 4 rings (SSSR count). The van der Waals surface area contributed by atoms with Crippen LogP contribution in [0.4, 0.5) is 5.82 Å². The normalized spacial score (nSPS) is 17.2. The van der Waals surface area contributed by atoms with Gasteiger partial charge in [0.05, 0.1) is 12.7 Å². The fourth-order valence-corrected chi connectivity index (χ4v) is 3.44. The lowest BCUT2D eigenvalue weighted by Crippen LogP contribution is -2.19. The molecule has 0 spiro atoms. The van der Waals surface area contributed by atoms with Crippen LogP contribution in [0.1, 0.15) is 6.42 Å². The van der Waals surface area contributed by atoms with Gasteiger partial charge >= 0.3 is 0 Å². The summed E-state index contributed by atoms with van der Waals surface area (Å²) >= 11 is 0. The third-order valence-corrected chi connectivity index (χ3v) is 4.92. The first kappa shape index (κ1) is 17.5. The van der Waals surface area contributed by atoms with Crippen molar-refractivity contribution in [2.75, 3.05) is 39.1 Å². The van der Waals surface area contributed by atoms with E-state index in [4.69, 9.17) is 4.74 Å². The molecule has 0 amide bonds. The van der Waals surface area contributed by atoms with Crippen LogP contribution in [-0.4, -0.2) is 58.9 Å². The van der Waals surface area contributed by atoms with Gasteiger partial charge in [0.1, 0.15) is 11.6 Å². The molecule has 1 aliphatic rings. The largest absolute Gasteiger partial charge is 0.497 e. The molecule has 7 nitrogen and oxygen atoms in total. The van der Waals surface area contributed by atoms with Crippen LogP contribution in [0.3, 0.4) is 0 Å². The average Bonchev–Trinajstić information content (AvgIpc) is 3.36. The van der Waals surface area contributed by atoms with Crippen LogP contribution < -0.4 is 10.1 Å². The number of nitrogens with one attached hydrogen (secondary N) is 2. The maximum Gasteiger partial charge on any atom is 0.181 e. The van der Waals surface area contributed by atoms with Crippen molar-refractivity contribution in [2.45, 2.75) is 6.42 Å². The highest BCUT2D eigenvalue weighted by molar-refractivity contribution is 5.71. The second-order valence-corrected chi connectivity index (χ2v) is 6.94. The van der Waals surface area contributed by atoms with E-state index >= 15 is 0 Å². The van der Waals surface area contributed by atoms with Crippen LogP contribution in [0, 0.1) is 5.92 Å². The van der Waals surface area contributed by atoms with Gasteiger partial charge in [0.15, 0.2) is 11.6 Å². The number of likely N-dealkylation sites (tertiary alicyclic amines) is 1. The van der Waals surface area contributed by atoms with Crippen LogP contribution in [0.15, 0.2) is 42.6 Å². The fraction of sp³-hybridized carbons (Fsp3) is 0.350. The number of nitrogens with zero attached hydrogens (tertiary/aromatic N) is 4. The smallest absolute Gasteiger partial charge is 0.181 e. The van der Waals surface area contributed by atoms with E-state index in [0.717, 1.165) is 42.3 Å². The van der Waals surface area contributed by atoms with E-state index in [0.29, 0.717) is 17.6 Å². The average molecular weight is 364 g/mol. The molecule has 3 aromatic rings. The number of hydrogen-bond donors (Lipinski definition) is 2. The molecule has 1 aromatic carbocycles. The number of benzene rings is 1. The first-order valence-corrected chi connectivity index (χ1v) is 9.17. The van der Waals surface area contributed by atoms with E-state index in [1.165, 1.54) is 6.42 Å². The third-order valence-electron chi connectivity index (χ3n) is 4.92. The maximum atomic E-state index is 5.29. The summed E-state index contributed by atoms with van der Waals surface area (Å²) in [5.41, 5.74) is 1.83. The minimum atomic E-state index is 0.635. The number of rotatable bonds is 6. The fourth-order valence-electron chi connectivity index (χ4n) is 3.44. The first-order valence-electron chi connectivity index (χ1n) is 9.17. The predicted molar refractivity (Wildman–Crippen MR) is 106 cm³/mol. The van der Waals surface area contributed by atoms with E-state index in [9.17, 15) is 0 Å². The molecule has 7 heteroatoms. The van der Waals surface area contributed by atoms with Gasteiger partial charge in [0, 0.05) is 24.8 Å². The van der Waals surface area contributed by atoms with E-state index in [2.05, 4.69) is 37.4 Å². The molecule has 2 N–H and O–H groups in total. The summed E-state index contributed by atoms with van der Waals surface area (Å²) < 4.78 is 5.29. The zero-order chi connectivity index (χ0) is 18.6. The second kappa shape index (κ2) is 7.75. The Morgan fingerprint density at radius 1 is 1.30 bits per heavy atom. The van der Waals surface area contributed by atoms with Crippen molar-refractivity contribution in [1.29, 1.82) is 0 Å². The summed E-state index contributed by atoms with van der Waals surface area (Å²) in [5.74, 6) is 3.60. The minimum absolute atomic E-state index is 0.635. The molecule has 1 atom stereocenters. The summed E-state index contributed by atoms with van der Waals surface area (Å²) in [4.78, 5) is 11.5. The zero-order valence-corrected chi connectivity index (χ0v) is 15.6. The number of aromatic nitrogens is 4. The lowest BCUT2D eigenvalue weighted by Gasteiger charge is -2.13. The SMILES string of the molecule is COc1cccc(-c2n[nH]c(-c3cccnc3NCC3CCN(C)C3)n2)c1. The summed E-state index contributed by atoms with van der Waals surface area (Å²) in [7, 11) is 3.82. The van der Waals surface area contributed by atoms with Crippen molar-refractivity contribution in [3.05, 3.63) is 42.6 Å². The topological polar surface area (TPSA) is 79.0 Å². The van der Waals surface area contributed by atoms with Gasteiger partial charge in [-0.25, -0.2) is 9.97 Å². The van der Waals surface area contributed by atoms with E-state index < -0.39 is 0 Å². The Labute approximate surface area is 158 Å². The molecule has 0 radical (unpaired) electrons. The Balaban J connectivity index is 1.54. The van der Waals surface area contributed by atoms with Crippen molar-refractivity contribution in [2.24, 2.45) is 5.92 Å². The lowest BCUT2D eigenvalue weighted by atomic mass is 10.1. The highest BCUT2D eigenvalue weighted by atomic mass is 16.5. The quantitative estimate of drug-likeness (QED) is 0.700. The van der Waals surface area contributed by atoms with Gasteiger partial charge in [-0.15, -0.1) is 0 Å². The molecule has 1 saturated heterocycles. The molecule has 1 unspecified atom stereocenters. The minimum Gasteiger partial charge on any atom is -0.497 e. The number of methoxy groups -OCH3 is 1. The number of anilines is 1. The Morgan fingerprint density at radius 3 is 3.04 bits per heavy atom. The molecular weight excluding hydrogens is 340 g/mol. The number of pyridine rings is 1. The van der Waals surface area contributed by atoms with Crippen molar-refractivity contribution in [3.63, 3.8) is 0 Å². The summed E-state index contributed by atoms with van der Waals surface area (Å²) in [5, 5.41) is 10.9. The molecule has 1 fully saturated rings. The molecule has 140 valence electrons. The Hall–Kier alpha value is -2.93. The lowest BCUT2D eigenvalue weighted by molar-refractivity contribution is 0.399. The standard InChI is InChI=1S/C20H24N6O/c1-26-10-8-14(13-26)12-22-19-17(7-4-9-21-19)20-23-18(24-25-20)15-5-3-6-16(11-15)27-2/h3-7,9,11,14H,8,10,12-13H2,1-2H3,(H,21,22)(H,23,24,25). The number of H-pyrrole nitrogens is 1. The molecule has 0 bridgehead atoms. The van der Waals surface area contributed by atoms with Crippen LogP contribution in [0.2, 0.25) is 0 Å². The van der Waals surface area contributed by atoms with Crippen molar-refractivity contribution < 1.29 is 4.74 Å². The molecule has 3 heterocycles. The Bertz CT molecular complexity index is 909. The van der Waals surface area contributed by atoms with Crippen molar-refractivity contribution in [3.8, 4) is 28.5 Å². The number of aromatic amines is 1. The highest BCUT2D eigenvalue weighted by Gasteiger charge is 2.20. The Morgan fingerprint density at radius 2 is 2.22 bits per heavy atom. The molecule has 0 saturated carbocycles. The van der Waals surface area contributed by atoms with Gasteiger partial charge in [-0.1, -0.05) is 12.1 Å². The number of ether oxygens (including phenoxy) is 1. The van der Waals surface area contributed by atoms with Crippen LogP contribution >= 0.6 is 0 Å². The second-order valence-electron chi connectivity index (χ2n) is 6.94. The molecule has 1 aliphatic heterocycles. The highest BCUT2D eigenvalue weighted by Crippen LogP contribution is 2.27. The van der Waals surface area contributed by atoms with Crippen LogP contribution in [-0.2, 0) is 0 Å². The van der Waals surface area contributed by atoms with E-state index in [1.54, 1.807) is 13.3 Å².